The molecule has 0 spiro atoms. The molecule has 2 N–H and O–H groups in total. The topological polar surface area (TPSA) is 58.2 Å². The van der Waals surface area contributed by atoms with Crippen LogP contribution in [0.15, 0.2) is 24.3 Å². The Morgan fingerprint density at radius 3 is 2.61 bits per heavy atom. The zero-order chi connectivity index (χ0) is 13.4. The number of halogens is 1. The monoisotopic (exact) mass is 268 g/mol. The normalized spacial score (nSPS) is 9.89. The minimum Gasteiger partial charge on any atom is -0.347 e. The van der Waals surface area contributed by atoms with E-state index in [1.807, 2.05) is 6.92 Å². The van der Waals surface area contributed by atoms with Crippen LogP contribution in [0.4, 0.5) is 5.69 Å². The lowest BCUT2D eigenvalue weighted by Crippen LogP contribution is -2.32. The van der Waals surface area contributed by atoms with Crippen LogP contribution in [0.3, 0.4) is 0 Å². The molecule has 0 saturated heterocycles. The van der Waals surface area contributed by atoms with Crippen molar-refractivity contribution in [2.45, 2.75) is 26.2 Å². The van der Waals surface area contributed by atoms with Crippen molar-refractivity contribution in [1.82, 2.24) is 5.32 Å². The molecule has 0 fully saturated rings. The van der Waals surface area contributed by atoms with Gasteiger partial charge in [-0.2, -0.15) is 0 Å². The summed E-state index contributed by atoms with van der Waals surface area (Å²) in [5.41, 5.74) is 0.548. The summed E-state index contributed by atoms with van der Waals surface area (Å²) in [4.78, 5) is 22.9. The second-order valence-corrected chi connectivity index (χ2v) is 4.32. The van der Waals surface area contributed by atoms with Crippen LogP contribution in [0, 0.1) is 0 Å². The summed E-state index contributed by atoms with van der Waals surface area (Å²) in [6.07, 6.45) is 2.24. The number of hydrogen-bond acceptors (Lipinski definition) is 2. The van der Waals surface area contributed by atoms with Crippen LogP contribution >= 0.6 is 11.6 Å². The van der Waals surface area contributed by atoms with Crippen molar-refractivity contribution in [2.24, 2.45) is 0 Å². The van der Waals surface area contributed by atoms with E-state index in [1.54, 1.807) is 24.3 Å². The van der Waals surface area contributed by atoms with Gasteiger partial charge < -0.3 is 10.6 Å². The van der Waals surface area contributed by atoms with Gasteiger partial charge in [-0.1, -0.05) is 37.1 Å². The molecule has 1 rings (SSSR count). The molecule has 0 bridgehead atoms. The fourth-order valence-corrected chi connectivity index (χ4v) is 1.54. The molecule has 1 aromatic rings. The van der Waals surface area contributed by atoms with Crippen LogP contribution in [0.25, 0.3) is 0 Å². The Hall–Kier alpha value is -1.55. The highest BCUT2D eigenvalue weighted by molar-refractivity contribution is 6.33. The van der Waals surface area contributed by atoms with Crippen LogP contribution < -0.4 is 10.6 Å². The molecule has 0 heterocycles. The number of amides is 2. The van der Waals surface area contributed by atoms with E-state index >= 15 is 0 Å². The van der Waals surface area contributed by atoms with Gasteiger partial charge in [0.05, 0.1) is 17.3 Å². The highest BCUT2D eigenvalue weighted by Gasteiger charge is 2.07. The molecule has 0 radical (unpaired) electrons. The predicted octanol–water partition coefficient (Wildman–Crippen LogP) is 2.58. The molecule has 5 heteroatoms. The lowest BCUT2D eigenvalue weighted by Gasteiger charge is -2.07. The van der Waals surface area contributed by atoms with Crippen molar-refractivity contribution in [3.05, 3.63) is 29.3 Å². The van der Waals surface area contributed by atoms with Crippen LogP contribution in [0.2, 0.25) is 5.02 Å². The van der Waals surface area contributed by atoms with Gasteiger partial charge >= 0.3 is 0 Å². The van der Waals surface area contributed by atoms with Gasteiger partial charge in [0.25, 0.3) is 0 Å². The molecule has 0 aliphatic rings. The van der Waals surface area contributed by atoms with E-state index in [0.717, 1.165) is 12.8 Å². The van der Waals surface area contributed by atoms with Crippen LogP contribution in [-0.2, 0) is 9.59 Å². The standard InChI is InChI=1S/C13H17ClN2O2/c1-2-3-8-12(17)15-9-13(18)16-11-7-5-4-6-10(11)14/h4-7H,2-3,8-9H2,1H3,(H,15,17)(H,16,18). The van der Waals surface area contributed by atoms with Gasteiger partial charge in [0.2, 0.25) is 11.8 Å². The molecule has 2 amide bonds. The second-order valence-electron chi connectivity index (χ2n) is 3.91. The fourth-order valence-electron chi connectivity index (χ4n) is 1.36. The van der Waals surface area contributed by atoms with Crippen molar-refractivity contribution in [2.75, 3.05) is 11.9 Å². The third-order valence-corrected chi connectivity index (χ3v) is 2.68. The number of para-hydroxylation sites is 1. The molecular weight excluding hydrogens is 252 g/mol. The fraction of sp³-hybridized carbons (Fsp3) is 0.385. The van der Waals surface area contributed by atoms with Gasteiger partial charge in [-0.05, 0) is 18.6 Å². The lowest BCUT2D eigenvalue weighted by atomic mass is 10.2. The highest BCUT2D eigenvalue weighted by atomic mass is 35.5. The number of unbranched alkanes of at least 4 members (excludes halogenated alkanes) is 1. The van der Waals surface area contributed by atoms with Crippen LogP contribution in [0.1, 0.15) is 26.2 Å². The summed E-state index contributed by atoms with van der Waals surface area (Å²) in [7, 11) is 0. The Morgan fingerprint density at radius 2 is 1.94 bits per heavy atom. The molecule has 18 heavy (non-hydrogen) atoms. The molecular formula is C13H17ClN2O2. The first-order valence-corrected chi connectivity index (χ1v) is 6.32. The highest BCUT2D eigenvalue weighted by Crippen LogP contribution is 2.19. The van der Waals surface area contributed by atoms with E-state index < -0.39 is 0 Å². The third-order valence-electron chi connectivity index (χ3n) is 2.35. The maximum Gasteiger partial charge on any atom is 0.243 e. The maximum absolute atomic E-state index is 11.6. The SMILES string of the molecule is CCCCC(=O)NCC(=O)Nc1ccccc1Cl. The van der Waals surface area contributed by atoms with Crippen molar-refractivity contribution in [1.29, 1.82) is 0 Å². The van der Waals surface area contributed by atoms with Gasteiger partial charge in [-0.25, -0.2) is 0 Å². The Morgan fingerprint density at radius 1 is 1.22 bits per heavy atom. The van der Waals surface area contributed by atoms with Gasteiger partial charge in [-0.3, -0.25) is 9.59 Å². The number of carbonyl (C=O) groups excluding carboxylic acids is 2. The number of hydrogen-bond donors (Lipinski definition) is 2. The first-order valence-electron chi connectivity index (χ1n) is 5.94. The van der Waals surface area contributed by atoms with Gasteiger partial charge in [0.15, 0.2) is 0 Å². The van der Waals surface area contributed by atoms with Crippen LogP contribution in [0.5, 0.6) is 0 Å². The minimum absolute atomic E-state index is 0.0340. The summed E-state index contributed by atoms with van der Waals surface area (Å²) in [5, 5.41) is 5.67. The third kappa shape index (κ3) is 5.19. The number of benzene rings is 1. The van der Waals surface area contributed by atoms with Gasteiger partial charge in [-0.15, -0.1) is 0 Å². The Labute approximate surface area is 112 Å². The van der Waals surface area contributed by atoms with Crippen molar-refractivity contribution < 1.29 is 9.59 Å². The van der Waals surface area contributed by atoms with Crippen LogP contribution in [-0.4, -0.2) is 18.4 Å². The summed E-state index contributed by atoms with van der Waals surface area (Å²) < 4.78 is 0. The zero-order valence-corrected chi connectivity index (χ0v) is 11.1. The van der Waals surface area contributed by atoms with Crippen molar-refractivity contribution >= 4 is 29.1 Å². The van der Waals surface area contributed by atoms with Crippen molar-refractivity contribution in [3.63, 3.8) is 0 Å². The molecule has 0 aliphatic heterocycles. The van der Waals surface area contributed by atoms with E-state index in [0.29, 0.717) is 17.1 Å². The molecule has 0 aliphatic carbocycles. The Kier molecular flexibility index (Phi) is 6.22. The first kappa shape index (κ1) is 14.5. The van der Waals surface area contributed by atoms with Gasteiger partial charge in [0, 0.05) is 6.42 Å². The summed E-state index contributed by atoms with van der Waals surface area (Å²) >= 11 is 5.90. The first-order chi connectivity index (χ1) is 8.63. The Bertz CT molecular complexity index is 421. The number of anilines is 1. The summed E-state index contributed by atoms with van der Waals surface area (Å²) in [5.74, 6) is -0.390. The summed E-state index contributed by atoms with van der Waals surface area (Å²) in [6, 6.07) is 6.96. The smallest absolute Gasteiger partial charge is 0.243 e. The maximum atomic E-state index is 11.6. The quantitative estimate of drug-likeness (QED) is 0.833. The molecule has 1 aromatic carbocycles. The largest absolute Gasteiger partial charge is 0.347 e. The zero-order valence-electron chi connectivity index (χ0n) is 10.3. The molecule has 0 aromatic heterocycles. The summed E-state index contributed by atoms with van der Waals surface area (Å²) in [6.45, 7) is 1.98. The van der Waals surface area contributed by atoms with E-state index in [1.165, 1.54) is 0 Å². The van der Waals surface area contributed by atoms with Crippen molar-refractivity contribution in [3.8, 4) is 0 Å². The van der Waals surface area contributed by atoms with E-state index in [-0.39, 0.29) is 18.4 Å². The molecule has 98 valence electrons. The average molecular weight is 269 g/mol. The van der Waals surface area contributed by atoms with E-state index in [9.17, 15) is 9.59 Å². The molecule has 4 nitrogen and oxygen atoms in total. The Balaban J connectivity index is 2.34. The molecule has 0 saturated carbocycles. The average Bonchev–Trinajstić information content (AvgIpc) is 2.36. The van der Waals surface area contributed by atoms with Gasteiger partial charge in [0.1, 0.15) is 0 Å². The molecule has 0 atom stereocenters. The van der Waals surface area contributed by atoms with E-state index in [2.05, 4.69) is 10.6 Å². The minimum atomic E-state index is -0.284. The number of nitrogens with one attached hydrogen (secondary N) is 2. The predicted molar refractivity (Wildman–Crippen MR) is 72.6 cm³/mol. The second kappa shape index (κ2) is 7.71. The number of carbonyl (C=O) groups is 2. The number of rotatable bonds is 6. The van der Waals surface area contributed by atoms with E-state index in [4.69, 9.17) is 11.6 Å². The molecule has 0 unspecified atom stereocenters. The lowest BCUT2D eigenvalue weighted by molar-refractivity contribution is -0.124.